The van der Waals surface area contributed by atoms with Crippen molar-refractivity contribution in [3.8, 4) is 0 Å². The molecule has 0 aliphatic heterocycles. The molecule has 0 radical (unpaired) electrons. The molecule has 4 nitrogen and oxygen atoms in total. The quantitative estimate of drug-likeness (QED) is 0.292. The molecule has 1 N–H and O–H groups in total. The number of carboxylic acids is 1. The second-order valence-corrected chi connectivity index (χ2v) is 5.70. The number of allylic oxidation sites excluding steroid dienone is 5. The number of hydrogen-bond donors (Lipinski definition) is 1. The first-order valence-electron chi connectivity index (χ1n) is 8.55. The van der Waals surface area contributed by atoms with E-state index in [2.05, 4.69) is 37.3 Å². The fraction of sp³-hybridized carbons (Fsp3) is 0.632. The molecule has 0 fully saturated rings. The Morgan fingerprint density at radius 1 is 1.00 bits per heavy atom. The smallest absolute Gasteiger partial charge is 0.348 e. The molecular formula is C19H33NO3. The number of carboxylic acid groups (broad SMARTS) is 1. The van der Waals surface area contributed by atoms with Gasteiger partial charge in [0.2, 0.25) is 6.23 Å². The molecule has 4 heteroatoms. The zero-order valence-electron chi connectivity index (χ0n) is 14.9. The lowest BCUT2D eigenvalue weighted by Gasteiger charge is -2.19. The third-order valence-electron chi connectivity index (χ3n) is 3.26. The molecule has 0 heterocycles. The molecule has 1 atom stereocenters. The van der Waals surface area contributed by atoms with Crippen molar-refractivity contribution in [3.63, 3.8) is 0 Å². The average molecular weight is 323 g/mol. The molecule has 0 aliphatic carbocycles. The van der Waals surface area contributed by atoms with Crippen LogP contribution in [0.3, 0.4) is 0 Å². The Balaban J connectivity index is 3.60. The molecule has 0 aromatic carbocycles. The second kappa shape index (κ2) is 15.5. The van der Waals surface area contributed by atoms with Crippen LogP contribution in [0.4, 0.5) is 0 Å². The van der Waals surface area contributed by atoms with E-state index >= 15 is 0 Å². The number of aliphatic carboxylic acids is 1. The Hall–Kier alpha value is -1.39. The van der Waals surface area contributed by atoms with Gasteiger partial charge in [0, 0.05) is 0 Å². The highest BCUT2D eigenvalue weighted by atomic mass is 16.5. The Morgan fingerprint density at radius 3 is 2.09 bits per heavy atom. The van der Waals surface area contributed by atoms with Crippen molar-refractivity contribution in [2.75, 3.05) is 20.7 Å². The van der Waals surface area contributed by atoms with Crippen LogP contribution in [0.1, 0.15) is 51.9 Å². The number of hydrogen-bond acceptors (Lipinski definition) is 3. The van der Waals surface area contributed by atoms with Crippen molar-refractivity contribution in [3.05, 3.63) is 36.5 Å². The van der Waals surface area contributed by atoms with Gasteiger partial charge in [0.25, 0.3) is 0 Å². The summed E-state index contributed by atoms with van der Waals surface area (Å²) in [6, 6.07) is 0. The minimum Gasteiger partial charge on any atom is -0.478 e. The summed E-state index contributed by atoms with van der Waals surface area (Å²) in [6.45, 7) is 2.63. The van der Waals surface area contributed by atoms with Gasteiger partial charge in [0.15, 0.2) is 0 Å². The van der Waals surface area contributed by atoms with E-state index in [0.717, 1.165) is 19.3 Å². The van der Waals surface area contributed by atoms with Crippen molar-refractivity contribution < 1.29 is 14.6 Å². The van der Waals surface area contributed by atoms with E-state index in [1.54, 1.807) is 19.0 Å². The van der Waals surface area contributed by atoms with Crippen LogP contribution in [0.25, 0.3) is 0 Å². The van der Waals surface area contributed by atoms with Gasteiger partial charge in [-0.25, -0.2) is 4.79 Å². The summed E-state index contributed by atoms with van der Waals surface area (Å²) in [5.74, 6) is -0.954. The van der Waals surface area contributed by atoms with Crippen molar-refractivity contribution in [2.24, 2.45) is 0 Å². The molecule has 0 saturated heterocycles. The zero-order valence-corrected chi connectivity index (χ0v) is 14.9. The Bertz CT molecular complexity index is 373. The molecular weight excluding hydrogens is 290 g/mol. The fourth-order valence-corrected chi connectivity index (χ4v) is 1.98. The summed E-state index contributed by atoms with van der Waals surface area (Å²) in [7, 11) is 3.38. The van der Waals surface area contributed by atoms with Crippen LogP contribution in [0.2, 0.25) is 0 Å². The second-order valence-electron chi connectivity index (χ2n) is 5.70. The van der Waals surface area contributed by atoms with Gasteiger partial charge in [0.05, 0.1) is 6.61 Å². The molecule has 0 aliphatic rings. The van der Waals surface area contributed by atoms with Crippen LogP contribution >= 0.6 is 0 Å². The van der Waals surface area contributed by atoms with E-state index in [1.165, 1.54) is 25.7 Å². The third-order valence-corrected chi connectivity index (χ3v) is 3.26. The van der Waals surface area contributed by atoms with Crippen molar-refractivity contribution >= 4 is 5.97 Å². The molecule has 0 rings (SSSR count). The largest absolute Gasteiger partial charge is 0.478 e. The van der Waals surface area contributed by atoms with E-state index in [-0.39, 0.29) is 0 Å². The first-order valence-corrected chi connectivity index (χ1v) is 8.55. The van der Waals surface area contributed by atoms with Crippen LogP contribution in [-0.2, 0) is 9.53 Å². The van der Waals surface area contributed by atoms with Crippen molar-refractivity contribution in [1.29, 1.82) is 0 Å². The molecule has 0 bridgehead atoms. The predicted molar refractivity (Wildman–Crippen MR) is 96.5 cm³/mol. The van der Waals surface area contributed by atoms with Gasteiger partial charge in [-0.15, -0.1) is 0 Å². The van der Waals surface area contributed by atoms with E-state index in [4.69, 9.17) is 9.84 Å². The van der Waals surface area contributed by atoms with Crippen molar-refractivity contribution in [1.82, 2.24) is 4.90 Å². The van der Waals surface area contributed by atoms with Crippen LogP contribution < -0.4 is 0 Å². The maximum absolute atomic E-state index is 10.9. The summed E-state index contributed by atoms with van der Waals surface area (Å²) in [4.78, 5) is 12.5. The molecule has 132 valence electrons. The first kappa shape index (κ1) is 21.6. The third kappa shape index (κ3) is 14.0. The topological polar surface area (TPSA) is 49.8 Å². The molecule has 1 unspecified atom stereocenters. The van der Waals surface area contributed by atoms with E-state index < -0.39 is 12.2 Å². The lowest BCUT2D eigenvalue weighted by molar-refractivity contribution is -0.161. The van der Waals surface area contributed by atoms with Crippen LogP contribution in [0.5, 0.6) is 0 Å². The lowest BCUT2D eigenvalue weighted by Crippen LogP contribution is -2.38. The Kier molecular flexibility index (Phi) is 14.6. The number of unbranched alkanes of at least 4 members (excludes halogenated alkanes) is 3. The Labute approximate surface area is 141 Å². The fourth-order valence-electron chi connectivity index (χ4n) is 1.98. The molecule has 0 amide bonds. The van der Waals surface area contributed by atoms with Crippen LogP contribution in [0, 0.1) is 0 Å². The van der Waals surface area contributed by atoms with Gasteiger partial charge in [-0.3, -0.25) is 4.90 Å². The maximum Gasteiger partial charge on any atom is 0.348 e. The van der Waals surface area contributed by atoms with Crippen LogP contribution in [0.15, 0.2) is 36.5 Å². The van der Waals surface area contributed by atoms with Gasteiger partial charge in [-0.1, -0.05) is 56.2 Å². The number of rotatable bonds is 14. The molecule has 23 heavy (non-hydrogen) atoms. The average Bonchev–Trinajstić information content (AvgIpc) is 2.50. The zero-order chi connectivity index (χ0) is 17.3. The first-order chi connectivity index (χ1) is 11.1. The summed E-state index contributed by atoms with van der Waals surface area (Å²) in [5.41, 5.74) is 0. The Morgan fingerprint density at radius 2 is 1.57 bits per heavy atom. The molecule has 0 saturated carbocycles. The summed E-state index contributed by atoms with van der Waals surface area (Å²) in [6.07, 6.45) is 19.7. The predicted octanol–water partition coefficient (Wildman–Crippen LogP) is 4.39. The number of nitrogens with zero attached hydrogens (tertiary/aromatic N) is 1. The summed E-state index contributed by atoms with van der Waals surface area (Å²) in [5, 5.41) is 8.95. The van der Waals surface area contributed by atoms with Gasteiger partial charge in [-0.05, 0) is 46.2 Å². The SMILES string of the molecule is CCCCC/C=C\C/C=C\C/C=C\CCOC(C(=O)O)N(C)C. The van der Waals surface area contributed by atoms with Gasteiger partial charge >= 0.3 is 5.97 Å². The molecule has 0 aromatic rings. The van der Waals surface area contributed by atoms with E-state index in [0.29, 0.717) is 6.61 Å². The van der Waals surface area contributed by atoms with E-state index in [9.17, 15) is 4.79 Å². The summed E-state index contributed by atoms with van der Waals surface area (Å²) < 4.78 is 5.31. The van der Waals surface area contributed by atoms with Gasteiger partial charge in [-0.2, -0.15) is 0 Å². The highest BCUT2D eigenvalue weighted by Gasteiger charge is 2.19. The minimum absolute atomic E-state index is 0.413. The van der Waals surface area contributed by atoms with Gasteiger partial charge < -0.3 is 9.84 Å². The number of likely N-dealkylation sites (N-methyl/N-ethyl adjacent to an activating group) is 1. The number of carbonyl (C=O) groups is 1. The maximum atomic E-state index is 10.9. The van der Waals surface area contributed by atoms with Gasteiger partial charge in [0.1, 0.15) is 0 Å². The van der Waals surface area contributed by atoms with Crippen LogP contribution in [-0.4, -0.2) is 42.9 Å². The molecule has 0 aromatic heterocycles. The molecule has 0 spiro atoms. The monoisotopic (exact) mass is 323 g/mol. The number of ether oxygens (including phenoxy) is 1. The highest BCUT2D eigenvalue weighted by molar-refractivity contribution is 5.71. The minimum atomic E-state index is -0.954. The highest BCUT2D eigenvalue weighted by Crippen LogP contribution is 2.01. The van der Waals surface area contributed by atoms with Crippen molar-refractivity contribution in [2.45, 2.75) is 58.1 Å². The normalized spacial score (nSPS) is 13.7. The summed E-state index contributed by atoms with van der Waals surface area (Å²) >= 11 is 0. The lowest BCUT2D eigenvalue weighted by atomic mass is 10.2. The standard InChI is InChI=1S/C19H33NO3/c1-4-5-6-7-8-9-10-11-12-13-14-15-16-17-23-18(19(21)22)20(2)3/h8-9,11-12,14-15,18H,4-7,10,13,16-17H2,1-3H3,(H,21,22)/b9-8-,12-11-,15-14-. The van der Waals surface area contributed by atoms with E-state index in [1.807, 2.05) is 6.08 Å².